The number of hydrogen-bond donors (Lipinski definition) is 3. The van der Waals surface area contributed by atoms with Crippen molar-refractivity contribution in [1.82, 2.24) is 10.6 Å². The number of hydrogen-bond acceptors (Lipinski definition) is 4. The van der Waals surface area contributed by atoms with E-state index in [9.17, 15) is 4.79 Å². The van der Waals surface area contributed by atoms with Gasteiger partial charge in [0, 0.05) is 20.3 Å². The summed E-state index contributed by atoms with van der Waals surface area (Å²) in [6.45, 7) is 1.70. The average Bonchev–Trinajstić information content (AvgIpc) is 2.71. The number of nitrogens with one attached hydrogen (secondary N) is 2. The summed E-state index contributed by atoms with van der Waals surface area (Å²) in [6, 6.07) is -0.291. The fourth-order valence-corrected chi connectivity index (χ4v) is 1.62. The van der Waals surface area contributed by atoms with Gasteiger partial charge in [0.15, 0.2) is 0 Å². The molecule has 6 heteroatoms. The van der Waals surface area contributed by atoms with Crippen LogP contribution in [-0.2, 0) is 9.47 Å². The van der Waals surface area contributed by atoms with Crippen molar-refractivity contribution in [2.45, 2.75) is 24.9 Å². The van der Waals surface area contributed by atoms with Gasteiger partial charge in [0.1, 0.15) is 0 Å². The Morgan fingerprint density at radius 2 is 2.50 bits per heavy atom. The third kappa shape index (κ3) is 4.78. The highest BCUT2D eigenvalue weighted by Gasteiger charge is 2.19. The molecule has 94 valence electrons. The van der Waals surface area contributed by atoms with Crippen LogP contribution in [-0.4, -0.2) is 56.8 Å². The normalized spacial score (nSPS) is 21.8. The van der Waals surface area contributed by atoms with Crippen molar-refractivity contribution in [2.75, 3.05) is 33.5 Å². The summed E-state index contributed by atoms with van der Waals surface area (Å²) in [7, 11) is 1.56. The highest BCUT2D eigenvalue weighted by atomic mass is 16.5. The number of urea groups is 1. The van der Waals surface area contributed by atoms with E-state index >= 15 is 0 Å². The standard InChI is InChI=1S/C10H20N2O4/c1-15-6-8(2-4-13)11-10(14)12-9-3-5-16-7-9/h8-9,13H,2-7H2,1H3,(H2,11,12,14). The van der Waals surface area contributed by atoms with E-state index in [0.717, 1.165) is 6.42 Å². The number of rotatable bonds is 6. The molecule has 0 aromatic rings. The fraction of sp³-hybridized carbons (Fsp3) is 0.900. The fourth-order valence-electron chi connectivity index (χ4n) is 1.62. The number of aliphatic hydroxyl groups is 1. The molecule has 6 nitrogen and oxygen atoms in total. The molecule has 0 saturated carbocycles. The number of carbonyl (C=O) groups is 1. The first kappa shape index (κ1) is 13.2. The topological polar surface area (TPSA) is 79.8 Å². The molecule has 1 fully saturated rings. The van der Waals surface area contributed by atoms with Crippen molar-refractivity contribution in [2.24, 2.45) is 0 Å². The van der Waals surface area contributed by atoms with Crippen molar-refractivity contribution >= 4 is 6.03 Å². The first-order chi connectivity index (χ1) is 7.76. The molecular formula is C10H20N2O4. The van der Waals surface area contributed by atoms with Crippen molar-refractivity contribution in [3.8, 4) is 0 Å². The lowest BCUT2D eigenvalue weighted by molar-refractivity contribution is 0.148. The molecule has 0 aliphatic carbocycles. The van der Waals surface area contributed by atoms with Crippen LogP contribution in [0.3, 0.4) is 0 Å². The summed E-state index contributed by atoms with van der Waals surface area (Å²) in [6.07, 6.45) is 1.34. The second-order valence-corrected chi connectivity index (χ2v) is 3.84. The zero-order valence-corrected chi connectivity index (χ0v) is 9.57. The number of aliphatic hydroxyl groups excluding tert-OH is 1. The Bertz CT molecular complexity index is 201. The minimum atomic E-state index is -0.231. The molecule has 1 heterocycles. The van der Waals surface area contributed by atoms with Crippen molar-refractivity contribution < 1.29 is 19.4 Å². The summed E-state index contributed by atoms with van der Waals surface area (Å²) in [5.41, 5.74) is 0. The van der Waals surface area contributed by atoms with Crippen LogP contribution < -0.4 is 10.6 Å². The monoisotopic (exact) mass is 232 g/mol. The van der Waals surface area contributed by atoms with Crippen LogP contribution in [0.5, 0.6) is 0 Å². The van der Waals surface area contributed by atoms with Crippen LogP contribution >= 0.6 is 0 Å². The van der Waals surface area contributed by atoms with Gasteiger partial charge in [0.2, 0.25) is 0 Å². The minimum Gasteiger partial charge on any atom is -0.396 e. The molecule has 1 aliphatic rings. The van der Waals surface area contributed by atoms with Gasteiger partial charge in [-0.1, -0.05) is 0 Å². The second kappa shape index (κ2) is 7.43. The lowest BCUT2D eigenvalue weighted by atomic mass is 10.2. The lowest BCUT2D eigenvalue weighted by Gasteiger charge is -2.19. The molecule has 0 spiro atoms. The molecule has 1 saturated heterocycles. The molecule has 2 amide bonds. The van der Waals surface area contributed by atoms with Gasteiger partial charge in [0.25, 0.3) is 0 Å². The summed E-state index contributed by atoms with van der Waals surface area (Å²) in [4.78, 5) is 11.5. The van der Waals surface area contributed by atoms with Gasteiger partial charge in [-0.15, -0.1) is 0 Å². The lowest BCUT2D eigenvalue weighted by Crippen LogP contribution is -2.48. The molecule has 1 aliphatic heterocycles. The summed E-state index contributed by atoms with van der Waals surface area (Å²) >= 11 is 0. The summed E-state index contributed by atoms with van der Waals surface area (Å²) in [5, 5.41) is 14.4. The van der Waals surface area contributed by atoms with E-state index in [-0.39, 0.29) is 24.7 Å². The van der Waals surface area contributed by atoms with Gasteiger partial charge in [-0.2, -0.15) is 0 Å². The Morgan fingerprint density at radius 1 is 1.69 bits per heavy atom. The Labute approximate surface area is 95.3 Å². The Hall–Kier alpha value is -0.850. The maximum absolute atomic E-state index is 11.5. The zero-order chi connectivity index (χ0) is 11.8. The molecule has 3 N–H and O–H groups in total. The predicted octanol–water partition coefficient (Wildman–Crippen LogP) is -0.528. The highest BCUT2D eigenvalue weighted by Crippen LogP contribution is 2.03. The van der Waals surface area contributed by atoms with Crippen molar-refractivity contribution in [3.05, 3.63) is 0 Å². The number of ether oxygens (including phenoxy) is 2. The smallest absolute Gasteiger partial charge is 0.315 e. The molecule has 1 rings (SSSR count). The van der Waals surface area contributed by atoms with Crippen LogP contribution in [0, 0.1) is 0 Å². The summed E-state index contributed by atoms with van der Waals surface area (Å²) < 4.78 is 10.1. The van der Waals surface area contributed by atoms with Crippen LogP contribution in [0.25, 0.3) is 0 Å². The first-order valence-corrected chi connectivity index (χ1v) is 5.50. The molecule has 0 bridgehead atoms. The van der Waals surface area contributed by atoms with Gasteiger partial charge in [0.05, 0.1) is 25.3 Å². The molecular weight excluding hydrogens is 212 g/mol. The van der Waals surface area contributed by atoms with E-state index in [1.165, 1.54) is 0 Å². The third-order valence-electron chi connectivity index (χ3n) is 2.45. The Kier molecular flexibility index (Phi) is 6.14. The SMILES string of the molecule is COCC(CCO)NC(=O)NC1CCOC1. The third-order valence-corrected chi connectivity index (χ3v) is 2.45. The molecule has 0 radical (unpaired) electrons. The van der Waals surface area contributed by atoms with Gasteiger partial charge in [-0.05, 0) is 12.8 Å². The highest BCUT2D eigenvalue weighted by molar-refractivity contribution is 5.74. The van der Waals surface area contributed by atoms with Crippen LogP contribution in [0.2, 0.25) is 0 Å². The molecule has 0 aromatic heterocycles. The van der Waals surface area contributed by atoms with Crippen LogP contribution in [0.4, 0.5) is 4.79 Å². The van der Waals surface area contributed by atoms with E-state index in [0.29, 0.717) is 26.2 Å². The van der Waals surface area contributed by atoms with Gasteiger partial charge < -0.3 is 25.2 Å². The molecule has 2 unspecified atom stereocenters. The molecule has 2 atom stereocenters. The molecule has 16 heavy (non-hydrogen) atoms. The van der Waals surface area contributed by atoms with E-state index in [2.05, 4.69) is 10.6 Å². The van der Waals surface area contributed by atoms with Crippen LogP contribution in [0.15, 0.2) is 0 Å². The van der Waals surface area contributed by atoms with Gasteiger partial charge in [-0.3, -0.25) is 0 Å². The van der Waals surface area contributed by atoms with E-state index in [4.69, 9.17) is 14.6 Å². The summed E-state index contributed by atoms with van der Waals surface area (Å²) in [5.74, 6) is 0. The second-order valence-electron chi connectivity index (χ2n) is 3.84. The average molecular weight is 232 g/mol. The number of methoxy groups -OCH3 is 1. The van der Waals surface area contributed by atoms with E-state index in [1.54, 1.807) is 7.11 Å². The number of carbonyl (C=O) groups excluding carboxylic acids is 1. The first-order valence-electron chi connectivity index (χ1n) is 5.50. The molecule has 0 aromatic carbocycles. The quantitative estimate of drug-likeness (QED) is 0.575. The Balaban J connectivity index is 2.23. The van der Waals surface area contributed by atoms with E-state index in [1.807, 2.05) is 0 Å². The van der Waals surface area contributed by atoms with Crippen LogP contribution in [0.1, 0.15) is 12.8 Å². The van der Waals surface area contributed by atoms with E-state index < -0.39 is 0 Å². The van der Waals surface area contributed by atoms with Gasteiger partial charge in [-0.25, -0.2) is 4.79 Å². The zero-order valence-electron chi connectivity index (χ0n) is 9.57. The predicted molar refractivity (Wildman–Crippen MR) is 58.3 cm³/mol. The Morgan fingerprint density at radius 3 is 3.06 bits per heavy atom. The van der Waals surface area contributed by atoms with Gasteiger partial charge >= 0.3 is 6.03 Å². The maximum atomic E-state index is 11.5. The van der Waals surface area contributed by atoms with Crippen molar-refractivity contribution in [3.63, 3.8) is 0 Å². The number of amides is 2. The minimum absolute atomic E-state index is 0.0286. The largest absolute Gasteiger partial charge is 0.396 e. The van der Waals surface area contributed by atoms with Crippen molar-refractivity contribution in [1.29, 1.82) is 0 Å². The maximum Gasteiger partial charge on any atom is 0.315 e.